The molecule has 158 valence electrons. The first-order valence-electron chi connectivity index (χ1n) is 10.1. The molecule has 3 N–H and O–H groups in total. The summed E-state index contributed by atoms with van der Waals surface area (Å²) in [6, 6.07) is 18.0. The molecule has 1 aliphatic rings. The largest absolute Gasteiger partial charge is 0.368 e. The monoisotopic (exact) mass is 416 g/mol. The van der Waals surface area contributed by atoms with Crippen LogP contribution in [0.4, 0.5) is 5.69 Å². The number of hydrazone groups is 1. The van der Waals surface area contributed by atoms with E-state index < -0.39 is 11.9 Å². The maximum Gasteiger partial charge on any atom is 0.268 e. The van der Waals surface area contributed by atoms with Crippen molar-refractivity contribution in [2.24, 2.45) is 10.8 Å². The summed E-state index contributed by atoms with van der Waals surface area (Å²) in [6.07, 6.45) is 1.91. The summed E-state index contributed by atoms with van der Waals surface area (Å²) < 4.78 is 1.84. The quantitative estimate of drug-likeness (QED) is 0.644. The number of nitrogens with one attached hydrogen (secondary N) is 1. The highest BCUT2D eigenvalue weighted by atomic mass is 16.2. The summed E-state index contributed by atoms with van der Waals surface area (Å²) >= 11 is 0. The van der Waals surface area contributed by atoms with Crippen molar-refractivity contribution in [1.82, 2.24) is 15.1 Å². The number of nitrogens with two attached hydrogens (primary N) is 1. The van der Waals surface area contributed by atoms with Crippen molar-refractivity contribution in [2.75, 3.05) is 5.01 Å². The fourth-order valence-electron chi connectivity index (χ4n) is 3.72. The summed E-state index contributed by atoms with van der Waals surface area (Å²) in [6.45, 7) is 3.86. The van der Waals surface area contributed by atoms with Crippen LogP contribution in [0.3, 0.4) is 0 Å². The van der Waals surface area contributed by atoms with Crippen LogP contribution in [0.25, 0.3) is 5.69 Å². The minimum atomic E-state index is -0.693. The lowest BCUT2D eigenvalue weighted by molar-refractivity contribution is -0.119. The lowest BCUT2D eigenvalue weighted by atomic mass is 10.1. The molecule has 2 amide bonds. The van der Waals surface area contributed by atoms with E-state index in [2.05, 4.69) is 15.5 Å². The second-order valence-corrected chi connectivity index (χ2v) is 7.48. The van der Waals surface area contributed by atoms with Gasteiger partial charge in [-0.3, -0.25) is 14.6 Å². The van der Waals surface area contributed by atoms with Gasteiger partial charge in [0.15, 0.2) is 0 Å². The zero-order valence-electron chi connectivity index (χ0n) is 17.4. The molecule has 8 nitrogen and oxygen atoms in total. The first kappa shape index (κ1) is 20.3. The number of amides is 2. The van der Waals surface area contributed by atoms with Crippen molar-refractivity contribution < 1.29 is 9.59 Å². The van der Waals surface area contributed by atoms with E-state index in [0.717, 1.165) is 16.9 Å². The molecule has 0 radical (unpaired) electrons. The van der Waals surface area contributed by atoms with Crippen LogP contribution in [-0.4, -0.2) is 33.3 Å². The SMILES string of the molecule is Cc1c(C(C)NC(=O)C2=NN(c3ccccc3)C(C(N)=O)C2)cnn1-c1ccccc1. The first-order valence-corrected chi connectivity index (χ1v) is 10.1. The molecular formula is C23H24N6O2. The highest BCUT2D eigenvalue weighted by Crippen LogP contribution is 2.25. The topological polar surface area (TPSA) is 106 Å². The third-order valence-electron chi connectivity index (χ3n) is 5.38. The van der Waals surface area contributed by atoms with Crippen molar-refractivity contribution in [2.45, 2.75) is 32.4 Å². The molecule has 1 aromatic heterocycles. The molecule has 0 aliphatic carbocycles. The molecule has 2 aromatic carbocycles. The fourth-order valence-corrected chi connectivity index (χ4v) is 3.72. The fraction of sp³-hybridized carbons (Fsp3) is 0.217. The van der Waals surface area contributed by atoms with Crippen LogP contribution in [0.1, 0.15) is 30.6 Å². The number of anilines is 1. The lowest BCUT2D eigenvalue weighted by Gasteiger charge is -2.20. The Morgan fingerprint density at radius 1 is 1.06 bits per heavy atom. The van der Waals surface area contributed by atoms with Gasteiger partial charge >= 0.3 is 0 Å². The molecule has 1 aliphatic heterocycles. The predicted molar refractivity (Wildman–Crippen MR) is 119 cm³/mol. The summed E-state index contributed by atoms with van der Waals surface area (Å²) in [5.41, 5.74) is 9.34. The number of aromatic nitrogens is 2. The van der Waals surface area contributed by atoms with Crippen LogP contribution >= 0.6 is 0 Å². The number of hydrogen-bond acceptors (Lipinski definition) is 5. The molecule has 0 fully saturated rings. The van der Waals surface area contributed by atoms with E-state index in [9.17, 15) is 9.59 Å². The molecule has 4 rings (SSSR count). The Balaban J connectivity index is 1.52. The van der Waals surface area contributed by atoms with Crippen LogP contribution in [0.2, 0.25) is 0 Å². The first-order chi connectivity index (χ1) is 15.0. The molecule has 8 heteroatoms. The lowest BCUT2D eigenvalue weighted by Crippen LogP contribution is -2.40. The van der Waals surface area contributed by atoms with Crippen LogP contribution in [0.15, 0.2) is 72.0 Å². The molecule has 2 unspecified atom stereocenters. The number of rotatable bonds is 6. The van der Waals surface area contributed by atoms with Crippen molar-refractivity contribution in [3.63, 3.8) is 0 Å². The molecule has 31 heavy (non-hydrogen) atoms. The second kappa shape index (κ2) is 8.43. The van der Waals surface area contributed by atoms with Crippen molar-refractivity contribution >= 4 is 23.2 Å². The van der Waals surface area contributed by atoms with E-state index >= 15 is 0 Å². The van der Waals surface area contributed by atoms with E-state index in [1.165, 1.54) is 5.01 Å². The van der Waals surface area contributed by atoms with Gasteiger partial charge in [0.1, 0.15) is 11.8 Å². The molecule has 3 aromatic rings. The molecule has 0 saturated heterocycles. The number of carbonyl (C=O) groups excluding carboxylic acids is 2. The standard InChI is InChI=1S/C23H24N6O2/c1-15(19-14-25-28(16(19)2)17-9-5-3-6-10-17)26-23(31)20-13-21(22(24)30)29(27-20)18-11-7-4-8-12-18/h3-12,14-15,21H,13H2,1-2H3,(H2,24,30)(H,26,31). The molecule has 2 heterocycles. The molecule has 2 atom stereocenters. The van der Waals surface area contributed by atoms with Crippen LogP contribution in [-0.2, 0) is 9.59 Å². The highest BCUT2D eigenvalue weighted by molar-refractivity contribution is 6.40. The van der Waals surface area contributed by atoms with E-state index in [1.807, 2.05) is 79.2 Å². The Morgan fingerprint density at radius 3 is 2.29 bits per heavy atom. The minimum Gasteiger partial charge on any atom is -0.368 e. The van der Waals surface area contributed by atoms with E-state index in [0.29, 0.717) is 5.69 Å². The van der Waals surface area contributed by atoms with Crippen molar-refractivity contribution in [3.8, 4) is 5.69 Å². The van der Waals surface area contributed by atoms with Gasteiger partial charge in [0.2, 0.25) is 5.91 Å². The normalized spacial score (nSPS) is 16.6. The molecule has 0 bridgehead atoms. The maximum absolute atomic E-state index is 12.9. The second-order valence-electron chi connectivity index (χ2n) is 7.48. The zero-order valence-corrected chi connectivity index (χ0v) is 17.4. The van der Waals surface area contributed by atoms with Crippen molar-refractivity contribution in [3.05, 3.63) is 78.1 Å². The molecule has 0 saturated carbocycles. The number of carbonyl (C=O) groups is 2. The third kappa shape index (κ3) is 4.05. The van der Waals surface area contributed by atoms with Gasteiger partial charge in [0.05, 0.1) is 23.6 Å². The predicted octanol–water partition coefficient (Wildman–Crippen LogP) is 2.48. The molecule has 0 spiro atoms. The van der Waals surface area contributed by atoms with Gasteiger partial charge in [0.25, 0.3) is 5.91 Å². The van der Waals surface area contributed by atoms with E-state index in [1.54, 1.807) is 6.20 Å². The van der Waals surface area contributed by atoms with Gasteiger partial charge < -0.3 is 11.1 Å². The summed E-state index contributed by atoms with van der Waals surface area (Å²) in [5.74, 6) is -0.854. The molecular weight excluding hydrogens is 392 g/mol. The highest BCUT2D eigenvalue weighted by Gasteiger charge is 2.35. The minimum absolute atomic E-state index is 0.158. The average Bonchev–Trinajstić information content (AvgIpc) is 3.39. The maximum atomic E-state index is 12.9. The van der Waals surface area contributed by atoms with Gasteiger partial charge in [-0.15, -0.1) is 0 Å². The Kier molecular flexibility index (Phi) is 5.53. The number of benzene rings is 2. The smallest absolute Gasteiger partial charge is 0.268 e. The summed E-state index contributed by atoms with van der Waals surface area (Å²) in [7, 11) is 0. The van der Waals surface area contributed by atoms with E-state index in [4.69, 9.17) is 5.73 Å². The third-order valence-corrected chi connectivity index (χ3v) is 5.38. The number of para-hydroxylation sites is 2. The Labute approximate surface area is 180 Å². The van der Waals surface area contributed by atoms with E-state index in [-0.39, 0.29) is 24.1 Å². The van der Waals surface area contributed by atoms with Gasteiger partial charge in [-0.25, -0.2) is 4.68 Å². The van der Waals surface area contributed by atoms with Gasteiger partial charge in [-0.2, -0.15) is 10.2 Å². The van der Waals surface area contributed by atoms with Crippen LogP contribution in [0, 0.1) is 6.92 Å². The van der Waals surface area contributed by atoms with Crippen molar-refractivity contribution in [1.29, 1.82) is 0 Å². The number of hydrogen-bond donors (Lipinski definition) is 2. The number of nitrogens with zero attached hydrogens (tertiary/aromatic N) is 4. The Bertz CT molecular complexity index is 1120. The zero-order chi connectivity index (χ0) is 22.0. The van der Waals surface area contributed by atoms with Gasteiger partial charge in [0, 0.05) is 17.7 Å². The van der Waals surface area contributed by atoms with Crippen LogP contribution in [0.5, 0.6) is 0 Å². The average molecular weight is 416 g/mol. The Hall–Kier alpha value is -3.94. The number of primary amides is 1. The van der Waals surface area contributed by atoms with Gasteiger partial charge in [-0.05, 0) is 38.1 Å². The van der Waals surface area contributed by atoms with Crippen LogP contribution < -0.4 is 16.1 Å². The van der Waals surface area contributed by atoms with Gasteiger partial charge in [-0.1, -0.05) is 36.4 Å². The summed E-state index contributed by atoms with van der Waals surface area (Å²) in [5, 5.41) is 13.4. The Morgan fingerprint density at radius 2 is 1.68 bits per heavy atom. The summed E-state index contributed by atoms with van der Waals surface area (Å²) in [4.78, 5) is 24.9.